The third kappa shape index (κ3) is 2.38. The first-order chi connectivity index (χ1) is 7.85. The summed E-state index contributed by atoms with van der Waals surface area (Å²) < 4.78 is 0. The number of rotatable bonds is 4. The molecule has 0 saturated heterocycles. The average Bonchev–Trinajstić information content (AvgIpc) is 2.96. The van der Waals surface area contributed by atoms with Gasteiger partial charge in [-0.3, -0.25) is 0 Å². The lowest BCUT2D eigenvalue weighted by Crippen LogP contribution is -2.45. The summed E-state index contributed by atoms with van der Waals surface area (Å²) in [5, 5.41) is 0. The monoisotopic (exact) mass is 232 g/mol. The van der Waals surface area contributed by atoms with E-state index in [4.69, 9.17) is 5.73 Å². The van der Waals surface area contributed by atoms with Crippen LogP contribution in [0.2, 0.25) is 0 Å². The highest BCUT2D eigenvalue weighted by Gasteiger charge is 2.53. The van der Waals surface area contributed by atoms with Crippen molar-refractivity contribution in [3.63, 3.8) is 0 Å². The van der Waals surface area contributed by atoms with Crippen LogP contribution < -0.4 is 5.73 Å². The van der Waals surface area contributed by atoms with E-state index >= 15 is 0 Å². The van der Waals surface area contributed by atoms with E-state index in [1.165, 1.54) is 24.0 Å². The van der Waals surface area contributed by atoms with E-state index in [9.17, 15) is 0 Å². The quantitative estimate of drug-likeness (QED) is 0.864. The van der Waals surface area contributed by atoms with Crippen molar-refractivity contribution in [1.29, 1.82) is 0 Å². The van der Waals surface area contributed by atoms with E-state index < -0.39 is 0 Å². The summed E-state index contributed by atoms with van der Waals surface area (Å²) in [5.74, 6) is 0. The zero-order chi connectivity index (χ0) is 12.7. The Hall–Kier alpha value is -0.860. The highest BCUT2D eigenvalue weighted by atomic mass is 15.0. The summed E-state index contributed by atoms with van der Waals surface area (Å²) >= 11 is 0. The molecule has 2 rings (SSSR count). The summed E-state index contributed by atoms with van der Waals surface area (Å²) in [6.07, 6.45) is 2.45. The molecule has 1 aliphatic carbocycles. The van der Waals surface area contributed by atoms with Crippen LogP contribution >= 0.6 is 0 Å². The number of nitrogens with zero attached hydrogens (tertiary/aromatic N) is 1. The van der Waals surface area contributed by atoms with Crippen molar-refractivity contribution in [2.45, 2.75) is 44.2 Å². The van der Waals surface area contributed by atoms with E-state index in [0.717, 1.165) is 6.54 Å². The van der Waals surface area contributed by atoms with Crippen molar-refractivity contribution in [2.75, 3.05) is 14.1 Å². The smallest absolute Gasteiger partial charge is 0.0227 e. The van der Waals surface area contributed by atoms with Gasteiger partial charge in [0, 0.05) is 17.5 Å². The summed E-state index contributed by atoms with van der Waals surface area (Å²) in [6.45, 7) is 5.30. The van der Waals surface area contributed by atoms with Gasteiger partial charge >= 0.3 is 0 Å². The minimum atomic E-state index is -0.121. The molecule has 0 radical (unpaired) electrons. The summed E-state index contributed by atoms with van der Waals surface area (Å²) in [4.78, 5) is 2.20. The number of hydrogen-bond donors (Lipinski definition) is 1. The molecule has 0 amide bonds. The van der Waals surface area contributed by atoms with Gasteiger partial charge in [0.05, 0.1) is 0 Å². The Morgan fingerprint density at radius 1 is 1.29 bits per heavy atom. The van der Waals surface area contributed by atoms with Crippen molar-refractivity contribution in [1.82, 2.24) is 4.90 Å². The van der Waals surface area contributed by atoms with Crippen LogP contribution in [-0.4, -0.2) is 24.5 Å². The number of benzene rings is 1. The molecule has 17 heavy (non-hydrogen) atoms. The van der Waals surface area contributed by atoms with Gasteiger partial charge < -0.3 is 10.6 Å². The Morgan fingerprint density at radius 2 is 1.94 bits per heavy atom. The molecule has 94 valence electrons. The second kappa shape index (κ2) is 4.11. The standard InChI is InChI=1S/C15H24N2/c1-14(2,16)15(8-9-15)13-7-5-6-12(10-13)11-17(3)4/h5-7,10H,8-9,11,16H2,1-4H3. The molecule has 1 aliphatic rings. The predicted octanol–water partition coefficient (Wildman–Crippen LogP) is 2.52. The lowest BCUT2D eigenvalue weighted by Gasteiger charge is -2.31. The molecule has 0 atom stereocenters. The van der Waals surface area contributed by atoms with Gasteiger partial charge in [-0.25, -0.2) is 0 Å². The predicted molar refractivity (Wildman–Crippen MR) is 73.0 cm³/mol. The lowest BCUT2D eigenvalue weighted by molar-refractivity contribution is 0.387. The maximum Gasteiger partial charge on any atom is 0.0227 e. The molecule has 0 aliphatic heterocycles. The van der Waals surface area contributed by atoms with Crippen LogP contribution in [0.25, 0.3) is 0 Å². The van der Waals surface area contributed by atoms with E-state index in [1.807, 2.05) is 0 Å². The molecule has 1 aromatic rings. The highest BCUT2D eigenvalue weighted by Crippen LogP contribution is 2.54. The Morgan fingerprint density at radius 3 is 2.41 bits per heavy atom. The van der Waals surface area contributed by atoms with Crippen LogP contribution in [0.3, 0.4) is 0 Å². The van der Waals surface area contributed by atoms with E-state index in [-0.39, 0.29) is 11.0 Å². The molecule has 0 aromatic heterocycles. The third-order valence-electron chi connectivity index (χ3n) is 3.96. The zero-order valence-electron chi connectivity index (χ0n) is 11.5. The van der Waals surface area contributed by atoms with Gasteiger partial charge in [0.15, 0.2) is 0 Å². The van der Waals surface area contributed by atoms with E-state index in [2.05, 4.69) is 57.1 Å². The molecule has 1 fully saturated rings. The van der Waals surface area contributed by atoms with E-state index in [0.29, 0.717) is 0 Å². The van der Waals surface area contributed by atoms with Gasteiger partial charge in [0.25, 0.3) is 0 Å². The fourth-order valence-electron chi connectivity index (χ4n) is 2.76. The van der Waals surface area contributed by atoms with Crippen molar-refractivity contribution in [3.05, 3.63) is 35.4 Å². The molecular weight excluding hydrogens is 208 g/mol. The van der Waals surface area contributed by atoms with Crippen molar-refractivity contribution >= 4 is 0 Å². The second-order valence-corrected chi connectivity index (χ2v) is 6.24. The first-order valence-electron chi connectivity index (χ1n) is 6.38. The second-order valence-electron chi connectivity index (χ2n) is 6.24. The molecule has 1 aromatic carbocycles. The normalized spacial score (nSPS) is 18.5. The van der Waals surface area contributed by atoms with Crippen LogP contribution in [0.1, 0.15) is 37.8 Å². The van der Waals surface area contributed by atoms with Gasteiger partial charge in [-0.05, 0) is 51.9 Å². The molecule has 2 heteroatoms. The maximum absolute atomic E-state index is 6.35. The first-order valence-corrected chi connectivity index (χ1v) is 6.38. The van der Waals surface area contributed by atoms with Gasteiger partial charge in [0.1, 0.15) is 0 Å². The van der Waals surface area contributed by atoms with Gasteiger partial charge in [-0.15, -0.1) is 0 Å². The Balaban J connectivity index is 2.28. The largest absolute Gasteiger partial charge is 0.325 e. The molecular formula is C15H24N2. The molecule has 2 nitrogen and oxygen atoms in total. The third-order valence-corrected chi connectivity index (χ3v) is 3.96. The van der Waals surface area contributed by atoms with Crippen LogP contribution in [0.4, 0.5) is 0 Å². The number of nitrogens with two attached hydrogens (primary N) is 1. The molecule has 0 unspecified atom stereocenters. The van der Waals surface area contributed by atoms with Crippen LogP contribution in [-0.2, 0) is 12.0 Å². The zero-order valence-corrected chi connectivity index (χ0v) is 11.5. The number of hydrogen-bond acceptors (Lipinski definition) is 2. The van der Waals surface area contributed by atoms with E-state index in [1.54, 1.807) is 0 Å². The molecule has 0 spiro atoms. The van der Waals surface area contributed by atoms with Crippen molar-refractivity contribution in [2.24, 2.45) is 5.73 Å². The van der Waals surface area contributed by atoms with Gasteiger partial charge in [-0.2, -0.15) is 0 Å². The maximum atomic E-state index is 6.35. The first kappa shape index (κ1) is 12.6. The minimum Gasteiger partial charge on any atom is -0.325 e. The average molecular weight is 232 g/mol. The molecule has 0 bridgehead atoms. The minimum absolute atomic E-state index is 0.121. The fourth-order valence-corrected chi connectivity index (χ4v) is 2.76. The van der Waals surface area contributed by atoms with Crippen LogP contribution in [0, 0.1) is 0 Å². The van der Waals surface area contributed by atoms with Gasteiger partial charge in [-0.1, -0.05) is 24.3 Å². The summed E-state index contributed by atoms with van der Waals surface area (Å²) in [5.41, 5.74) is 9.24. The Kier molecular flexibility index (Phi) is 3.04. The topological polar surface area (TPSA) is 29.3 Å². The van der Waals surface area contributed by atoms with Crippen molar-refractivity contribution < 1.29 is 0 Å². The Labute approximate surface area is 105 Å². The summed E-state index contributed by atoms with van der Waals surface area (Å²) in [7, 11) is 4.21. The van der Waals surface area contributed by atoms with Crippen molar-refractivity contribution in [3.8, 4) is 0 Å². The molecule has 2 N–H and O–H groups in total. The van der Waals surface area contributed by atoms with Crippen LogP contribution in [0.5, 0.6) is 0 Å². The highest BCUT2D eigenvalue weighted by molar-refractivity contribution is 5.38. The Bertz CT molecular complexity index is 398. The SMILES string of the molecule is CN(C)Cc1cccc(C2(C(C)(C)N)CC2)c1. The fraction of sp³-hybridized carbons (Fsp3) is 0.600. The molecule has 1 saturated carbocycles. The van der Waals surface area contributed by atoms with Crippen LogP contribution in [0.15, 0.2) is 24.3 Å². The lowest BCUT2D eigenvalue weighted by atomic mass is 9.79. The molecule has 0 heterocycles. The van der Waals surface area contributed by atoms with Gasteiger partial charge in [0.2, 0.25) is 0 Å². The summed E-state index contributed by atoms with van der Waals surface area (Å²) in [6, 6.07) is 8.94.